The smallest absolute Gasteiger partial charge is 0.270 e. The molecule has 2 aromatic heterocycles. The van der Waals surface area contributed by atoms with Crippen molar-refractivity contribution in [2.45, 2.75) is 0 Å². The molecule has 0 atom stereocenters. The van der Waals surface area contributed by atoms with Gasteiger partial charge in [0, 0.05) is 51.8 Å². The molecule has 0 unspecified atom stereocenters. The molecule has 3 rings (SSSR count). The average molecular weight is 271 g/mol. The van der Waals surface area contributed by atoms with Crippen molar-refractivity contribution in [1.29, 1.82) is 0 Å². The quantitative estimate of drug-likeness (QED) is 0.810. The van der Waals surface area contributed by atoms with Crippen molar-refractivity contribution in [3.8, 4) is 0 Å². The minimum atomic E-state index is 0.0890. The van der Waals surface area contributed by atoms with Crippen molar-refractivity contribution in [1.82, 2.24) is 19.4 Å². The monoisotopic (exact) mass is 271 g/mol. The van der Waals surface area contributed by atoms with Crippen LogP contribution in [0.1, 0.15) is 10.5 Å². The highest BCUT2D eigenvalue weighted by Gasteiger charge is 2.24. The van der Waals surface area contributed by atoms with Crippen LogP contribution < -0.4 is 4.90 Å². The predicted molar refractivity (Wildman–Crippen MR) is 75.6 cm³/mol. The number of hydrogen-bond donors (Lipinski definition) is 0. The number of carbonyl (C=O) groups is 1. The molecule has 1 aliphatic heterocycles. The van der Waals surface area contributed by atoms with Crippen molar-refractivity contribution < 1.29 is 4.79 Å². The normalized spacial score (nSPS) is 15.4. The van der Waals surface area contributed by atoms with Gasteiger partial charge in [-0.1, -0.05) is 0 Å². The molecule has 1 amide bonds. The second-order valence-corrected chi connectivity index (χ2v) is 4.83. The molecule has 6 nitrogen and oxygen atoms in total. The summed E-state index contributed by atoms with van der Waals surface area (Å²) in [5, 5.41) is 0. The van der Waals surface area contributed by atoms with Crippen molar-refractivity contribution in [2.75, 3.05) is 31.1 Å². The van der Waals surface area contributed by atoms with Gasteiger partial charge in [0.05, 0.1) is 0 Å². The number of rotatable bonds is 2. The van der Waals surface area contributed by atoms with E-state index in [4.69, 9.17) is 0 Å². The van der Waals surface area contributed by atoms with Crippen molar-refractivity contribution >= 4 is 11.9 Å². The zero-order valence-electron chi connectivity index (χ0n) is 11.4. The third-order valence-corrected chi connectivity index (χ3v) is 3.56. The molecule has 0 radical (unpaired) electrons. The first-order valence-electron chi connectivity index (χ1n) is 6.68. The number of aromatic nitrogens is 3. The number of amides is 1. The lowest BCUT2D eigenvalue weighted by Gasteiger charge is -2.34. The van der Waals surface area contributed by atoms with E-state index in [1.54, 1.807) is 18.5 Å². The summed E-state index contributed by atoms with van der Waals surface area (Å²) in [6.07, 6.45) is 5.37. The largest absolute Gasteiger partial charge is 0.347 e. The van der Waals surface area contributed by atoms with Gasteiger partial charge in [-0.25, -0.2) is 9.97 Å². The zero-order chi connectivity index (χ0) is 13.9. The maximum absolute atomic E-state index is 12.4. The summed E-state index contributed by atoms with van der Waals surface area (Å²) in [6.45, 7) is 2.92. The molecule has 104 valence electrons. The van der Waals surface area contributed by atoms with E-state index in [-0.39, 0.29) is 5.91 Å². The molecule has 1 saturated heterocycles. The van der Waals surface area contributed by atoms with Crippen LogP contribution in [0.5, 0.6) is 0 Å². The molecular weight excluding hydrogens is 254 g/mol. The Morgan fingerprint density at radius 3 is 2.40 bits per heavy atom. The molecule has 0 aliphatic carbocycles. The summed E-state index contributed by atoms with van der Waals surface area (Å²) in [6, 6.07) is 5.55. The molecule has 0 N–H and O–H groups in total. The Hall–Kier alpha value is -2.37. The number of carbonyl (C=O) groups excluding carboxylic acids is 1. The molecule has 0 bridgehead atoms. The molecular formula is C14H17N5O. The van der Waals surface area contributed by atoms with Gasteiger partial charge in [0.1, 0.15) is 5.69 Å². The molecule has 20 heavy (non-hydrogen) atoms. The standard InChI is InChI=1S/C14H17N5O/c1-17-7-2-4-12(17)13(20)18-8-10-19(11-9-18)14-15-5-3-6-16-14/h2-7H,8-11H2,1H3. The van der Waals surface area contributed by atoms with Crippen molar-refractivity contribution in [3.63, 3.8) is 0 Å². The van der Waals surface area contributed by atoms with Crippen LogP contribution in [0, 0.1) is 0 Å². The number of piperazine rings is 1. The molecule has 1 aliphatic rings. The highest BCUT2D eigenvalue weighted by molar-refractivity contribution is 5.92. The van der Waals surface area contributed by atoms with Crippen LogP contribution in [-0.2, 0) is 7.05 Å². The van der Waals surface area contributed by atoms with Crippen LogP contribution in [0.15, 0.2) is 36.8 Å². The fraction of sp³-hybridized carbons (Fsp3) is 0.357. The first-order chi connectivity index (χ1) is 9.75. The summed E-state index contributed by atoms with van der Waals surface area (Å²) in [5.41, 5.74) is 0.731. The minimum Gasteiger partial charge on any atom is -0.347 e. The van der Waals surface area contributed by atoms with Crippen LogP contribution in [0.2, 0.25) is 0 Å². The van der Waals surface area contributed by atoms with E-state index < -0.39 is 0 Å². The van der Waals surface area contributed by atoms with Crippen LogP contribution in [0.4, 0.5) is 5.95 Å². The molecule has 0 saturated carbocycles. The van der Waals surface area contributed by atoms with Crippen LogP contribution in [0.25, 0.3) is 0 Å². The van der Waals surface area contributed by atoms with Gasteiger partial charge in [-0.2, -0.15) is 0 Å². The van der Waals surface area contributed by atoms with Crippen LogP contribution in [0.3, 0.4) is 0 Å². The van der Waals surface area contributed by atoms with Gasteiger partial charge in [-0.15, -0.1) is 0 Å². The average Bonchev–Trinajstić information content (AvgIpc) is 2.94. The zero-order valence-corrected chi connectivity index (χ0v) is 11.4. The Balaban J connectivity index is 1.64. The van der Waals surface area contributed by atoms with E-state index in [9.17, 15) is 4.79 Å². The fourth-order valence-corrected chi connectivity index (χ4v) is 2.41. The number of anilines is 1. The van der Waals surface area contributed by atoms with Crippen LogP contribution >= 0.6 is 0 Å². The van der Waals surface area contributed by atoms with Crippen molar-refractivity contribution in [2.24, 2.45) is 7.05 Å². The van der Waals surface area contributed by atoms with Gasteiger partial charge < -0.3 is 14.4 Å². The second kappa shape index (κ2) is 5.32. The van der Waals surface area contributed by atoms with E-state index in [0.29, 0.717) is 13.1 Å². The Labute approximate surface area is 117 Å². The second-order valence-electron chi connectivity index (χ2n) is 4.83. The third kappa shape index (κ3) is 2.36. The van der Waals surface area contributed by atoms with Gasteiger partial charge in [0.15, 0.2) is 0 Å². The summed E-state index contributed by atoms with van der Waals surface area (Å²) in [4.78, 5) is 24.9. The maximum Gasteiger partial charge on any atom is 0.270 e. The lowest BCUT2D eigenvalue weighted by atomic mass is 10.3. The van der Waals surface area contributed by atoms with Gasteiger partial charge in [-0.3, -0.25) is 4.79 Å². The van der Waals surface area contributed by atoms with E-state index in [2.05, 4.69) is 14.9 Å². The number of nitrogens with zero attached hydrogens (tertiary/aromatic N) is 5. The molecule has 2 aromatic rings. The van der Waals surface area contributed by atoms with Gasteiger partial charge in [-0.05, 0) is 18.2 Å². The Kier molecular flexibility index (Phi) is 3.37. The van der Waals surface area contributed by atoms with Gasteiger partial charge in [0.25, 0.3) is 5.91 Å². The number of aryl methyl sites for hydroxylation is 1. The van der Waals surface area contributed by atoms with E-state index >= 15 is 0 Å². The molecule has 6 heteroatoms. The highest BCUT2D eigenvalue weighted by atomic mass is 16.2. The summed E-state index contributed by atoms with van der Waals surface area (Å²) >= 11 is 0. The fourth-order valence-electron chi connectivity index (χ4n) is 2.41. The minimum absolute atomic E-state index is 0.0890. The Bertz CT molecular complexity index is 587. The van der Waals surface area contributed by atoms with Crippen LogP contribution in [-0.4, -0.2) is 51.5 Å². The number of hydrogen-bond acceptors (Lipinski definition) is 4. The van der Waals surface area contributed by atoms with Gasteiger partial charge in [0.2, 0.25) is 5.95 Å². The van der Waals surface area contributed by atoms with Crippen molar-refractivity contribution in [3.05, 3.63) is 42.5 Å². The van der Waals surface area contributed by atoms with E-state index in [0.717, 1.165) is 24.7 Å². The molecule has 0 spiro atoms. The molecule has 0 aromatic carbocycles. The van der Waals surface area contributed by atoms with Gasteiger partial charge >= 0.3 is 0 Å². The first-order valence-corrected chi connectivity index (χ1v) is 6.68. The first kappa shape index (κ1) is 12.7. The highest BCUT2D eigenvalue weighted by Crippen LogP contribution is 2.12. The summed E-state index contributed by atoms with van der Waals surface area (Å²) < 4.78 is 1.86. The Morgan fingerprint density at radius 1 is 1.10 bits per heavy atom. The molecule has 3 heterocycles. The predicted octanol–water partition coefficient (Wildman–Crippen LogP) is 0.777. The molecule has 1 fully saturated rings. The van der Waals surface area contributed by atoms with E-state index in [1.165, 1.54) is 0 Å². The maximum atomic E-state index is 12.4. The lowest BCUT2D eigenvalue weighted by Crippen LogP contribution is -2.49. The Morgan fingerprint density at radius 2 is 1.80 bits per heavy atom. The SMILES string of the molecule is Cn1cccc1C(=O)N1CCN(c2ncccn2)CC1. The third-order valence-electron chi connectivity index (χ3n) is 3.56. The van der Waals surface area contributed by atoms with E-state index in [1.807, 2.05) is 34.8 Å². The summed E-state index contributed by atoms with van der Waals surface area (Å²) in [7, 11) is 1.89. The topological polar surface area (TPSA) is 54.3 Å². The lowest BCUT2D eigenvalue weighted by molar-refractivity contribution is 0.0736. The summed E-state index contributed by atoms with van der Waals surface area (Å²) in [5.74, 6) is 0.824.